The van der Waals surface area contributed by atoms with E-state index in [1.165, 1.54) is 6.92 Å². The SMILES string of the molecule is CCC(CC=NC(=O)OC(C)(C)C)(C(=O)O)C(=O)O. The average molecular weight is 273 g/mol. The van der Waals surface area contributed by atoms with Crippen molar-refractivity contribution in [2.24, 2.45) is 10.4 Å². The molecule has 0 radical (unpaired) electrons. The molecule has 0 aliphatic carbocycles. The van der Waals surface area contributed by atoms with Gasteiger partial charge in [-0.05, 0) is 27.2 Å². The van der Waals surface area contributed by atoms with E-state index >= 15 is 0 Å². The number of rotatable bonds is 5. The Morgan fingerprint density at radius 3 is 1.95 bits per heavy atom. The molecular formula is C12H19NO6. The van der Waals surface area contributed by atoms with Gasteiger partial charge in [-0.2, -0.15) is 4.99 Å². The smallest absolute Gasteiger partial charge is 0.433 e. The minimum atomic E-state index is -1.97. The van der Waals surface area contributed by atoms with E-state index < -0.39 is 29.0 Å². The summed E-state index contributed by atoms with van der Waals surface area (Å²) >= 11 is 0. The molecule has 0 unspecified atom stereocenters. The van der Waals surface area contributed by atoms with Gasteiger partial charge in [0.25, 0.3) is 0 Å². The fraction of sp³-hybridized carbons (Fsp3) is 0.667. The molecule has 7 heteroatoms. The van der Waals surface area contributed by atoms with Gasteiger partial charge in [0, 0.05) is 12.6 Å². The van der Waals surface area contributed by atoms with E-state index in [4.69, 9.17) is 14.9 Å². The third-order valence-electron chi connectivity index (χ3n) is 2.45. The van der Waals surface area contributed by atoms with Gasteiger partial charge in [0.15, 0.2) is 5.41 Å². The molecule has 1 amide bonds. The predicted molar refractivity (Wildman–Crippen MR) is 67.3 cm³/mol. The van der Waals surface area contributed by atoms with Crippen molar-refractivity contribution in [3.63, 3.8) is 0 Å². The maximum atomic E-state index is 11.3. The number of carbonyl (C=O) groups is 3. The third kappa shape index (κ3) is 5.07. The normalized spacial score (nSPS) is 12.4. The van der Waals surface area contributed by atoms with Crippen LogP contribution in [0.3, 0.4) is 0 Å². The van der Waals surface area contributed by atoms with Crippen molar-refractivity contribution in [2.45, 2.75) is 46.1 Å². The predicted octanol–water partition coefficient (Wildman–Crippen LogP) is 1.95. The summed E-state index contributed by atoms with van der Waals surface area (Å²) in [5.74, 6) is -2.92. The molecule has 0 saturated heterocycles. The lowest BCUT2D eigenvalue weighted by Gasteiger charge is -2.21. The van der Waals surface area contributed by atoms with Gasteiger partial charge in [0.2, 0.25) is 0 Å². The fourth-order valence-corrected chi connectivity index (χ4v) is 1.28. The summed E-state index contributed by atoms with van der Waals surface area (Å²) in [6.45, 7) is 6.42. The molecule has 0 aliphatic rings. The number of hydrogen-bond donors (Lipinski definition) is 2. The first-order chi connectivity index (χ1) is 8.55. The van der Waals surface area contributed by atoms with Crippen molar-refractivity contribution in [3.8, 4) is 0 Å². The van der Waals surface area contributed by atoms with Crippen LogP contribution in [-0.2, 0) is 14.3 Å². The Morgan fingerprint density at radius 1 is 1.16 bits per heavy atom. The van der Waals surface area contributed by atoms with Crippen molar-refractivity contribution < 1.29 is 29.3 Å². The van der Waals surface area contributed by atoms with E-state index in [-0.39, 0.29) is 12.8 Å². The Balaban J connectivity index is 4.80. The van der Waals surface area contributed by atoms with Gasteiger partial charge in [-0.3, -0.25) is 9.59 Å². The van der Waals surface area contributed by atoms with E-state index in [0.29, 0.717) is 0 Å². The monoisotopic (exact) mass is 273 g/mol. The lowest BCUT2D eigenvalue weighted by molar-refractivity contribution is -0.164. The second-order valence-corrected chi connectivity index (χ2v) is 5.04. The molecule has 0 atom stereocenters. The second kappa shape index (κ2) is 6.31. The molecular weight excluding hydrogens is 254 g/mol. The van der Waals surface area contributed by atoms with Gasteiger partial charge in [0.05, 0.1) is 0 Å². The standard InChI is InChI=1S/C12H19NO6/c1-5-12(8(14)15,9(16)17)6-7-13-10(18)19-11(2,3)4/h7H,5-6H2,1-4H3,(H,14,15)(H,16,17). The van der Waals surface area contributed by atoms with Crippen LogP contribution in [0.1, 0.15) is 40.5 Å². The Labute approximate surface area is 111 Å². The lowest BCUT2D eigenvalue weighted by Crippen LogP contribution is -2.39. The Kier molecular flexibility index (Phi) is 5.67. The highest BCUT2D eigenvalue weighted by atomic mass is 16.6. The molecule has 19 heavy (non-hydrogen) atoms. The molecule has 0 aromatic heterocycles. The maximum absolute atomic E-state index is 11.3. The quantitative estimate of drug-likeness (QED) is 0.584. The summed E-state index contributed by atoms with van der Waals surface area (Å²) in [5.41, 5.74) is -2.68. The van der Waals surface area contributed by atoms with Crippen LogP contribution in [0.2, 0.25) is 0 Å². The van der Waals surface area contributed by atoms with E-state index in [1.807, 2.05) is 0 Å². The average Bonchev–Trinajstić information content (AvgIpc) is 2.20. The maximum Gasteiger partial charge on any atom is 0.433 e. The number of nitrogens with zero attached hydrogens (tertiary/aromatic N) is 1. The minimum Gasteiger partial charge on any atom is -0.480 e. The molecule has 108 valence electrons. The molecule has 0 aromatic carbocycles. The summed E-state index contributed by atoms with van der Waals surface area (Å²) in [4.78, 5) is 36.7. The van der Waals surface area contributed by atoms with Gasteiger partial charge in [-0.25, -0.2) is 4.79 Å². The van der Waals surface area contributed by atoms with Crippen molar-refractivity contribution in [2.75, 3.05) is 0 Å². The van der Waals surface area contributed by atoms with E-state index in [2.05, 4.69) is 4.99 Å². The van der Waals surface area contributed by atoms with Gasteiger partial charge >= 0.3 is 18.0 Å². The van der Waals surface area contributed by atoms with Crippen molar-refractivity contribution >= 4 is 24.2 Å². The highest BCUT2D eigenvalue weighted by molar-refractivity contribution is 6.00. The molecule has 0 saturated carbocycles. The molecule has 7 nitrogen and oxygen atoms in total. The Hall–Kier alpha value is -1.92. The van der Waals surface area contributed by atoms with Crippen molar-refractivity contribution in [3.05, 3.63) is 0 Å². The Bertz CT molecular complexity index is 380. The van der Waals surface area contributed by atoms with Gasteiger partial charge in [0.1, 0.15) is 5.60 Å². The summed E-state index contributed by atoms with van der Waals surface area (Å²) in [7, 11) is 0. The summed E-state index contributed by atoms with van der Waals surface area (Å²) in [5, 5.41) is 18.0. The number of carbonyl (C=O) groups excluding carboxylic acids is 1. The molecule has 0 aromatic rings. The highest BCUT2D eigenvalue weighted by Crippen LogP contribution is 2.26. The van der Waals surface area contributed by atoms with E-state index in [0.717, 1.165) is 6.21 Å². The molecule has 2 N–H and O–H groups in total. The zero-order valence-electron chi connectivity index (χ0n) is 11.5. The second-order valence-electron chi connectivity index (χ2n) is 5.04. The molecule has 0 heterocycles. The highest BCUT2D eigenvalue weighted by Gasteiger charge is 2.44. The van der Waals surface area contributed by atoms with Crippen LogP contribution in [0.15, 0.2) is 4.99 Å². The van der Waals surface area contributed by atoms with Crippen LogP contribution >= 0.6 is 0 Å². The first-order valence-electron chi connectivity index (χ1n) is 5.77. The van der Waals surface area contributed by atoms with Crippen LogP contribution in [0.25, 0.3) is 0 Å². The van der Waals surface area contributed by atoms with Crippen LogP contribution in [0, 0.1) is 5.41 Å². The Morgan fingerprint density at radius 2 is 1.63 bits per heavy atom. The molecule has 0 spiro atoms. The first-order valence-corrected chi connectivity index (χ1v) is 5.77. The number of carboxylic acids is 2. The summed E-state index contributed by atoms with van der Waals surface area (Å²) in [6, 6.07) is 0. The number of ether oxygens (including phenoxy) is 1. The zero-order valence-corrected chi connectivity index (χ0v) is 11.5. The fourth-order valence-electron chi connectivity index (χ4n) is 1.28. The van der Waals surface area contributed by atoms with Crippen LogP contribution in [0.5, 0.6) is 0 Å². The molecule has 0 rings (SSSR count). The van der Waals surface area contributed by atoms with Gasteiger partial charge in [-0.1, -0.05) is 6.92 Å². The van der Waals surface area contributed by atoms with E-state index in [1.54, 1.807) is 20.8 Å². The van der Waals surface area contributed by atoms with Gasteiger partial charge < -0.3 is 14.9 Å². The molecule has 0 fully saturated rings. The number of aliphatic imine (C=N–C) groups is 1. The van der Waals surface area contributed by atoms with Crippen molar-refractivity contribution in [1.82, 2.24) is 0 Å². The van der Waals surface area contributed by atoms with Crippen LogP contribution < -0.4 is 0 Å². The number of amides is 1. The van der Waals surface area contributed by atoms with E-state index in [9.17, 15) is 14.4 Å². The lowest BCUT2D eigenvalue weighted by atomic mass is 9.82. The number of aliphatic carboxylic acids is 2. The molecule has 0 bridgehead atoms. The molecule has 0 aliphatic heterocycles. The largest absolute Gasteiger partial charge is 0.480 e. The summed E-state index contributed by atoms with van der Waals surface area (Å²) < 4.78 is 4.88. The number of hydrogen-bond acceptors (Lipinski definition) is 4. The number of carboxylic acid groups (broad SMARTS) is 2. The first kappa shape index (κ1) is 17.1. The topological polar surface area (TPSA) is 113 Å². The van der Waals surface area contributed by atoms with Crippen LogP contribution in [0.4, 0.5) is 4.79 Å². The third-order valence-corrected chi connectivity index (χ3v) is 2.45. The van der Waals surface area contributed by atoms with Crippen molar-refractivity contribution in [1.29, 1.82) is 0 Å². The zero-order chi connectivity index (χ0) is 15.3. The van der Waals surface area contributed by atoms with Crippen LogP contribution in [-0.4, -0.2) is 40.1 Å². The summed E-state index contributed by atoms with van der Waals surface area (Å²) in [6.07, 6.45) is -0.404. The van der Waals surface area contributed by atoms with Gasteiger partial charge in [-0.15, -0.1) is 0 Å². The minimum absolute atomic E-state index is 0.113.